The molecule has 32 heavy (non-hydrogen) atoms. The highest BCUT2D eigenvalue weighted by molar-refractivity contribution is 6.00. The minimum Gasteiger partial charge on any atom is -0.384 e. The Hall–Kier alpha value is -3.32. The van der Waals surface area contributed by atoms with Crippen LogP contribution in [0.4, 0.5) is 5.69 Å². The highest BCUT2D eigenvalue weighted by Gasteiger charge is 2.28. The molecule has 2 aromatic carbocycles. The number of para-hydroxylation sites is 1. The standard InChI is InChI=1S/C25H28N4O3/c1-3-29-25-21-12-6-7-13-22(21)28(23(31)14-8-10-19(30)15-16-32-2)17-18-9-4-5-11-20(18)24(25)26-27-29/h4-7,9,11-13H,3,8,10,14-17H2,1-2H3. The maximum absolute atomic E-state index is 13.4. The van der Waals surface area contributed by atoms with Gasteiger partial charge in [-0.25, -0.2) is 4.68 Å². The van der Waals surface area contributed by atoms with Crippen LogP contribution in [-0.4, -0.2) is 40.4 Å². The second-order valence-corrected chi connectivity index (χ2v) is 7.89. The van der Waals surface area contributed by atoms with Crippen LogP contribution in [-0.2, 0) is 27.4 Å². The fraction of sp³-hybridized carbons (Fsp3) is 0.360. The van der Waals surface area contributed by atoms with Crippen LogP contribution < -0.4 is 4.90 Å². The number of aryl methyl sites for hydroxylation is 1. The number of benzene rings is 2. The summed E-state index contributed by atoms with van der Waals surface area (Å²) in [4.78, 5) is 27.2. The number of hydrogen-bond acceptors (Lipinski definition) is 5. The number of nitrogens with zero attached hydrogens (tertiary/aromatic N) is 4. The summed E-state index contributed by atoms with van der Waals surface area (Å²) in [5.41, 5.74) is 5.55. The first-order valence-electron chi connectivity index (χ1n) is 11.1. The monoisotopic (exact) mass is 432 g/mol. The summed E-state index contributed by atoms with van der Waals surface area (Å²) in [6.45, 7) is 3.58. The van der Waals surface area contributed by atoms with Gasteiger partial charge in [-0.1, -0.05) is 47.7 Å². The molecule has 0 atom stereocenters. The lowest BCUT2D eigenvalue weighted by Gasteiger charge is -2.28. The number of amides is 1. The molecule has 1 aliphatic heterocycles. The van der Waals surface area contributed by atoms with Crippen molar-refractivity contribution in [1.82, 2.24) is 15.0 Å². The first-order chi connectivity index (χ1) is 15.6. The Bertz CT molecular complexity index is 1120. The van der Waals surface area contributed by atoms with Crippen molar-refractivity contribution in [3.8, 4) is 22.5 Å². The van der Waals surface area contributed by atoms with Crippen molar-refractivity contribution < 1.29 is 14.3 Å². The van der Waals surface area contributed by atoms with Crippen molar-refractivity contribution in [2.45, 2.75) is 45.7 Å². The van der Waals surface area contributed by atoms with Gasteiger partial charge >= 0.3 is 0 Å². The zero-order valence-electron chi connectivity index (χ0n) is 18.6. The van der Waals surface area contributed by atoms with Gasteiger partial charge in [0, 0.05) is 44.0 Å². The molecular formula is C25H28N4O3. The number of rotatable bonds is 8. The van der Waals surface area contributed by atoms with Gasteiger partial charge in [-0.3, -0.25) is 9.59 Å². The second-order valence-electron chi connectivity index (χ2n) is 7.89. The summed E-state index contributed by atoms with van der Waals surface area (Å²) in [7, 11) is 1.58. The van der Waals surface area contributed by atoms with Crippen LogP contribution in [0.5, 0.6) is 0 Å². The van der Waals surface area contributed by atoms with E-state index in [4.69, 9.17) is 4.74 Å². The third-order valence-corrected chi connectivity index (χ3v) is 5.82. The Kier molecular flexibility index (Phi) is 6.75. The lowest BCUT2D eigenvalue weighted by molar-refractivity contribution is -0.120. The summed E-state index contributed by atoms with van der Waals surface area (Å²) in [5.74, 6) is 0.131. The topological polar surface area (TPSA) is 77.3 Å². The maximum Gasteiger partial charge on any atom is 0.227 e. The Morgan fingerprint density at radius 2 is 1.75 bits per heavy atom. The molecule has 2 heterocycles. The van der Waals surface area contributed by atoms with Gasteiger partial charge in [0.2, 0.25) is 5.91 Å². The van der Waals surface area contributed by atoms with E-state index in [2.05, 4.69) is 10.3 Å². The van der Waals surface area contributed by atoms with Crippen LogP contribution in [0.2, 0.25) is 0 Å². The molecule has 0 saturated carbocycles. The van der Waals surface area contributed by atoms with Gasteiger partial charge in [-0.05, 0) is 25.0 Å². The molecule has 7 nitrogen and oxygen atoms in total. The average Bonchev–Trinajstić information content (AvgIpc) is 3.23. The van der Waals surface area contributed by atoms with Crippen molar-refractivity contribution >= 4 is 17.4 Å². The number of carbonyl (C=O) groups is 2. The van der Waals surface area contributed by atoms with Gasteiger partial charge in [0.15, 0.2) is 0 Å². The van der Waals surface area contributed by atoms with E-state index in [9.17, 15) is 9.59 Å². The van der Waals surface area contributed by atoms with E-state index in [0.29, 0.717) is 45.4 Å². The predicted octanol–water partition coefficient (Wildman–Crippen LogP) is 4.25. The molecule has 0 radical (unpaired) electrons. The Morgan fingerprint density at radius 3 is 2.53 bits per heavy atom. The summed E-state index contributed by atoms with van der Waals surface area (Å²) in [6, 6.07) is 15.9. The number of ketones is 1. The number of carbonyl (C=O) groups excluding carboxylic acids is 2. The molecule has 0 fully saturated rings. The van der Waals surface area contributed by atoms with Crippen molar-refractivity contribution in [3.63, 3.8) is 0 Å². The zero-order chi connectivity index (χ0) is 22.5. The molecule has 0 saturated heterocycles. The third-order valence-electron chi connectivity index (χ3n) is 5.82. The number of Topliss-reactive ketones (excluding diaryl/α,β-unsaturated/α-hetero) is 1. The van der Waals surface area contributed by atoms with Crippen LogP contribution in [0.25, 0.3) is 22.5 Å². The van der Waals surface area contributed by atoms with Gasteiger partial charge in [-0.2, -0.15) is 0 Å². The third kappa shape index (κ3) is 4.34. The lowest BCUT2D eigenvalue weighted by atomic mass is 9.95. The largest absolute Gasteiger partial charge is 0.384 e. The zero-order valence-corrected chi connectivity index (χ0v) is 18.6. The molecule has 1 aromatic heterocycles. The van der Waals surface area contributed by atoms with E-state index in [1.807, 2.05) is 65.0 Å². The maximum atomic E-state index is 13.4. The minimum atomic E-state index is 0.00534. The quantitative estimate of drug-likeness (QED) is 0.532. The van der Waals surface area contributed by atoms with E-state index in [0.717, 1.165) is 33.8 Å². The molecule has 0 unspecified atom stereocenters. The number of hydrogen-bond donors (Lipinski definition) is 0. The van der Waals surface area contributed by atoms with Gasteiger partial charge in [0.25, 0.3) is 0 Å². The number of fused-ring (bicyclic) bond motifs is 5. The van der Waals surface area contributed by atoms with E-state index < -0.39 is 0 Å². The molecule has 166 valence electrons. The van der Waals surface area contributed by atoms with Gasteiger partial charge in [-0.15, -0.1) is 5.10 Å². The predicted molar refractivity (Wildman–Crippen MR) is 123 cm³/mol. The Balaban J connectivity index is 1.69. The molecule has 3 aromatic rings. The molecule has 0 bridgehead atoms. The second kappa shape index (κ2) is 9.87. The molecular weight excluding hydrogens is 404 g/mol. The summed E-state index contributed by atoms with van der Waals surface area (Å²) < 4.78 is 6.85. The van der Waals surface area contributed by atoms with Crippen LogP contribution in [0.3, 0.4) is 0 Å². The minimum absolute atomic E-state index is 0.00534. The smallest absolute Gasteiger partial charge is 0.227 e. The summed E-state index contributed by atoms with van der Waals surface area (Å²) in [6.07, 6.45) is 1.62. The molecule has 4 rings (SSSR count). The van der Waals surface area contributed by atoms with Crippen molar-refractivity contribution in [3.05, 3.63) is 54.1 Å². The van der Waals surface area contributed by atoms with E-state index in [1.54, 1.807) is 7.11 Å². The fourth-order valence-electron chi connectivity index (χ4n) is 4.17. The fourth-order valence-corrected chi connectivity index (χ4v) is 4.17. The molecule has 1 aliphatic rings. The SMILES string of the molecule is CCn1nnc2c1-c1ccccc1N(C(=O)CCCC(=O)CCOC)Cc1ccccc1-2. The number of anilines is 1. The molecule has 1 amide bonds. The highest BCUT2D eigenvalue weighted by atomic mass is 16.5. The summed E-state index contributed by atoms with van der Waals surface area (Å²) in [5, 5.41) is 8.87. The molecule has 0 N–H and O–H groups in total. The van der Waals surface area contributed by atoms with Crippen molar-refractivity contribution in [1.29, 1.82) is 0 Å². The van der Waals surface area contributed by atoms with E-state index in [1.165, 1.54) is 0 Å². The number of ether oxygens (including phenoxy) is 1. The Morgan fingerprint density at radius 1 is 1.00 bits per heavy atom. The Labute approximate surface area is 188 Å². The molecule has 7 heteroatoms. The highest BCUT2D eigenvalue weighted by Crippen LogP contribution is 2.41. The molecule has 0 spiro atoms. The van der Waals surface area contributed by atoms with Crippen molar-refractivity contribution in [2.75, 3.05) is 18.6 Å². The van der Waals surface area contributed by atoms with Gasteiger partial charge in [0.1, 0.15) is 11.5 Å². The van der Waals surface area contributed by atoms with Gasteiger partial charge in [0.05, 0.1) is 24.5 Å². The number of aromatic nitrogens is 3. The van der Waals surface area contributed by atoms with E-state index in [-0.39, 0.29) is 11.7 Å². The van der Waals surface area contributed by atoms with Gasteiger partial charge < -0.3 is 9.64 Å². The van der Waals surface area contributed by atoms with Crippen molar-refractivity contribution in [2.24, 2.45) is 0 Å². The lowest BCUT2D eigenvalue weighted by Crippen LogP contribution is -2.31. The van der Waals surface area contributed by atoms with Crippen LogP contribution >= 0.6 is 0 Å². The average molecular weight is 433 g/mol. The number of methoxy groups -OCH3 is 1. The van der Waals surface area contributed by atoms with Crippen LogP contribution in [0.1, 0.15) is 38.2 Å². The first-order valence-corrected chi connectivity index (χ1v) is 11.1. The molecule has 0 aliphatic carbocycles. The van der Waals surface area contributed by atoms with Crippen LogP contribution in [0, 0.1) is 0 Å². The normalized spacial score (nSPS) is 12.4. The first kappa shape index (κ1) is 21.9. The van der Waals surface area contributed by atoms with Crippen LogP contribution in [0.15, 0.2) is 48.5 Å². The summed E-state index contributed by atoms with van der Waals surface area (Å²) >= 11 is 0. The van der Waals surface area contributed by atoms with E-state index >= 15 is 0 Å².